The van der Waals surface area contributed by atoms with Crippen LogP contribution >= 0.6 is 0 Å². The lowest BCUT2D eigenvalue weighted by molar-refractivity contribution is 0.521. The minimum Gasteiger partial charge on any atom is -0.469 e. The summed E-state index contributed by atoms with van der Waals surface area (Å²) < 4.78 is 5.13. The molecule has 1 radical (unpaired) electrons. The van der Waals surface area contributed by atoms with Gasteiger partial charge in [-0.05, 0) is 24.5 Å². The van der Waals surface area contributed by atoms with Crippen molar-refractivity contribution >= 4 is 0 Å². The molecule has 0 bridgehead atoms. The molecule has 1 nitrogen and oxygen atoms in total. The second-order valence-corrected chi connectivity index (χ2v) is 2.85. The van der Waals surface area contributed by atoms with Gasteiger partial charge in [0.15, 0.2) is 0 Å². The van der Waals surface area contributed by atoms with E-state index in [-0.39, 0.29) is 0 Å². The van der Waals surface area contributed by atoms with Gasteiger partial charge in [0.25, 0.3) is 0 Å². The van der Waals surface area contributed by atoms with Gasteiger partial charge in [0.1, 0.15) is 5.76 Å². The quantitative estimate of drug-likeness (QED) is 0.624. The molecule has 0 aromatic carbocycles. The molecule has 0 atom stereocenters. The Kier molecular flexibility index (Phi) is 2.55. The first-order valence-electron chi connectivity index (χ1n) is 3.66. The Hall–Kier alpha value is -0.720. The number of rotatable bonds is 3. The van der Waals surface area contributed by atoms with Gasteiger partial charge in [-0.25, -0.2) is 0 Å². The number of hydrogen-bond acceptors (Lipinski definition) is 1. The molecule has 0 spiro atoms. The summed E-state index contributed by atoms with van der Waals surface area (Å²) in [6.07, 6.45) is 4.91. The van der Waals surface area contributed by atoms with Crippen molar-refractivity contribution in [2.75, 3.05) is 0 Å². The van der Waals surface area contributed by atoms with Crippen LogP contribution in [0.2, 0.25) is 0 Å². The van der Waals surface area contributed by atoms with E-state index in [9.17, 15) is 0 Å². The van der Waals surface area contributed by atoms with E-state index in [1.165, 1.54) is 0 Å². The van der Waals surface area contributed by atoms with Crippen LogP contribution in [0.5, 0.6) is 0 Å². The van der Waals surface area contributed by atoms with Crippen LogP contribution in [-0.4, -0.2) is 0 Å². The molecule has 1 heteroatoms. The fraction of sp³-hybridized carbons (Fsp3) is 0.444. The van der Waals surface area contributed by atoms with Gasteiger partial charge in [-0.3, -0.25) is 0 Å². The summed E-state index contributed by atoms with van der Waals surface area (Å²) in [7, 11) is 0. The van der Waals surface area contributed by atoms with Crippen LogP contribution in [-0.2, 0) is 0 Å². The van der Waals surface area contributed by atoms with Gasteiger partial charge >= 0.3 is 0 Å². The van der Waals surface area contributed by atoms with Crippen LogP contribution in [0.3, 0.4) is 0 Å². The fourth-order valence-corrected chi connectivity index (χ4v) is 0.759. The molecule has 10 heavy (non-hydrogen) atoms. The molecule has 55 valence electrons. The Labute approximate surface area is 62.1 Å². The van der Waals surface area contributed by atoms with Gasteiger partial charge in [0, 0.05) is 6.42 Å². The molecule has 0 aliphatic rings. The SMILES string of the molecule is CC(C)C[CH]c1ccco1. The van der Waals surface area contributed by atoms with Crippen molar-refractivity contribution in [3.63, 3.8) is 0 Å². The molecular weight excluding hydrogens is 124 g/mol. The third-order valence-electron chi connectivity index (χ3n) is 1.33. The van der Waals surface area contributed by atoms with Crippen LogP contribution in [0.4, 0.5) is 0 Å². The van der Waals surface area contributed by atoms with Gasteiger partial charge in [0.2, 0.25) is 0 Å². The van der Waals surface area contributed by atoms with Crippen molar-refractivity contribution in [2.45, 2.75) is 20.3 Å². The molecular formula is C9H13O. The highest BCUT2D eigenvalue weighted by molar-refractivity contribution is 5.08. The molecule has 0 amide bonds. The largest absolute Gasteiger partial charge is 0.469 e. The lowest BCUT2D eigenvalue weighted by Crippen LogP contribution is -1.87. The zero-order valence-electron chi connectivity index (χ0n) is 6.50. The van der Waals surface area contributed by atoms with Gasteiger partial charge < -0.3 is 4.42 Å². The maximum Gasteiger partial charge on any atom is 0.107 e. The van der Waals surface area contributed by atoms with Crippen molar-refractivity contribution < 1.29 is 4.42 Å². The summed E-state index contributed by atoms with van der Waals surface area (Å²) in [6.45, 7) is 4.39. The molecule has 1 aromatic heterocycles. The molecule has 1 heterocycles. The van der Waals surface area contributed by atoms with Gasteiger partial charge in [-0.2, -0.15) is 0 Å². The number of furan rings is 1. The van der Waals surface area contributed by atoms with E-state index < -0.39 is 0 Å². The minimum atomic E-state index is 0.713. The van der Waals surface area contributed by atoms with Crippen LogP contribution in [0.15, 0.2) is 22.8 Å². The summed E-state index contributed by atoms with van der Waals surface area (Å²) in [5, 5.41) is 0. The maximum absolute atomic E-state index is 5.13. The normalized spacial score (nSPS) is 10.7. The zero-order chi connectivity index (χ0) is 7.40. The first-order valence-corrected chi connectivity index (χ1v) is 3.66. The molecule has 0 aliphatic heterocycles. The topological polar surface area (TPSA) is 13.1 Å². The molecule has 1 rings (SSSR count). The Morgan fingerprint density at radius 1 is 1.60 bits per heavy atom. The van der Waals surface area contributed by atoms with Crippen molar-refractivity contribution in [2.24, 2.45) is 5.92 Å². The molecule has 0 saturated carbocycles. The number of hydrogen-bond donors (Lipinski definition) is 0. The average Bonchev–Trinajstić information content (AvgIpc) is 2.34. The Bertz CT molecular complexity index is 163. The molecule has 0 saturated heterocycles. The van der Waals surface area contributed by atoms with E-state index in [1.807, 2.05) is 12.1 Å². The standard InChI is InChI=1S/C9H13O/c1-8(2)5-6-9-4-3-7-10-9/h3-4,6-8H,5H2,1-2H3. The van der Waals surface area contributed by atoms with E-state index in [0.717, 1.165) is 12.2 Å². The highest BCUT2D eigenvalue weighted by Crippen LogP contribution is 2.10. The van der Waals surface area contributed by atoms with Crippen LogP contribution in [0.1, 0.15) is 26.0 Å². The first kappa shape index (κ1) is 7.39. The van der Waals surface area contributed by atoms with Gasteiger partial charge in [-0.1, -0.05) is 13.8 Å². The highest BCUT2D eigenvalue weighted by atomic mass is 16.3. The molecule has 0 aliphatic carbocycles. The average molecular weight is 137 g/mol. The Morgan fingerprint density at radius 2 is 2.40 bits per heavy atom. The zero-order valence-corrected chi connectivity index (χ0v) is 6.50. The van der Waals surface area contributed by atoms with Crippen molar-refractivity contribution in [3.8, 4) is 0 Å². The van der Waals surface area contributed by atoms with Crippen LogP contribution in [0, 0.1) is 12.3 Å². The van der Waals surface area contributed by atoms with Crippen molar-refractivity contribution in [1.29, 1.82) is 0 Å². The molecule has 0 N–H and O–H groups in total. The molecule has 1 aromatic rings. The summed E-state index contributed by atoms with van der Waals surface area (Å²) in [5.74, 6) is 1.69. The van der Waals surface area contributed by atoms with E-state index in [2.05, 4.69) is 20.3 Å². The highest BCUT2D eigenvalue weighted by Gasteiger charge is 1.97. The summed E-state index contributed by atoms with van der Waals surface area (Å²) >= 11 is 0. The molecule has 0 fully saturated rings. The van der Waals surface area contributed by atoms with E-state index in [1.54, 1.807) is 6.26 Å². The van der Waals surface area contributed by atoms with E-state index in [4.69, 9.17) is 4.42 Å². The Balaban J connectivity index is 2.28. The monoisotopic (exact) mass is 137 g/mol. The van der Waals surface area contributed by atoms with Crippen molar-refractivity contribution in [3.05, 3.63) is 30.6 Å². The van der Waals surface area contributed by atoms with Crippen LogP contribution in [0.25, 0.3) is 0 Å². The second kappa shape index (κ2) is 3.45. The Morgan fingerprint density at radius 3 is 2.90 bits per heavy atom. The van der Waals surface area contributed by atoms with Crippen LogP contribution < -0.4 is 0 Å². The lowest BCUT2D eigenvalue weighted by Gasteiger charge is -1.99. The van der Waals surface area contributed by atoms with E-state index in [0.29, 0.717) is 5.92 Å². The lowest BCUT2D eigenvalue weighted by atomic mass is 10.1. The third-order valence-corrected chi connectivity index (χ3v) is 1.33. The fourth-order valence-electron chi connectivity index (χ4n) is 0.759. The predicted molar refractivity (Wildman–Crippen MR) is 41.6 cm³/mol. The van der Waals surface area contributed by atoms with Crippen molar-refractivity contribution in [1.82, 2.24) is 0 Å². The molecule has 0 unspecified atom stereocenters. The summed E-state index contributed by atoms with van der Waals surface area (Å²) in [4.78, 5) is 0. The van der Waals surface area contributed by atoms with Gasteiger partial charge in [-0.15, -0.1) is 0 Å². The predicted octanol–water partition coefficient (Wildman–Crippen LogP) is 2.88. The smallest absolute Gasteiger partial charge is 0.107 e. The van der Waals surface area contributed by atoms with Gasteiger partial charge in [0.05, 0.1) is 6.26 Å². The summed E-state index contributed by atoms with van der Waals surface area (Å²) in [6, 6.07) is 3.88. The maximum atomic E-state index is 5.13. The first-order chi connectivity index (χ1) is 4.79. The third kappa shape index (κ3) is 2.26. The second-order valence-electron chi connectivity index (χ2n) is 2.85. The van der Waals surface area contributed by atoms with E-state index >= 15 is 0 Å². The minimum absolute atomic E-state index is 0.713. The summed E-state index contributed by atoms with van der Waals surface area (Å²) in [5.41, 5.74) is 0.